The summed E-state index contributed by atoms with van der Waals surface area (Å²) in [4.78, 5) is 6.85. The van der Waals surface area contributed by atoms with Crippen LogP contribution >= 0.6 is 0 Å². The Hall–Kier alpha value is -1.59. The molecule has 1 saturated heterocycles. The van der Waals surface area contributed by atoms with Gasteiger partial charge < -0.3 is 15.4 Å². The van der Waals surface area contributed by atoms with Crippen molar-refractivity contribution in [1.82, 2.24) is 15.5 Å². The molecule has 1 aliphatic heterocycles. The quantitative estimate of drug-likeness (QED) is 0.613. The number of aryl methyl sites for hydroxylation is 1. The van der Waals surface area contributed by atoms with Crippen molar-refractivity contribution in [3.63, 3.8) is 0 Å². The van der Waals surface area contributed by atoms with Gasteiger partial charge in [-0.2, -0.15) is 0 Å². The summed E-state index contributed by atoms with van der Waals surface area (Å²) in [5, 5.41) is 6.93. The second-order valence-electron chi connectivity index (χ2n) is 7.53. The van der Waals surface area contributed by atoms with Crippen LogP contribution in [0, 0.1) is 6.92 Å². The van der Waals surface area contributed by atoms with Crippen molar-refractivity contribution in [3.05, 3.63) is 35.4 Å². The molecule has 0 amide bonds. The van der Waals surface area contributed by atoms with E-state index in [2.05, 4.69) is 72.5 Å². The van der Waals surface area contributed by atoms with Gasteiger partial charge in [-0.3, -0.25) is 9.89 Å². The third-order valence-corrected chi connectivity index (χ3v) is 5.00. The maximum absolute atomic E-state index is 5.46. The predicted molar refractivity (Wildman–Crippen MR) is 105 cm³/mol. The number of nitrogens with one attached hydrogen (secondary N) is 2. The number of aliphatic imine (C=N–C) groups is 1. The molecule has 2 N–H and O–H groups in total. The molecule has 1 aliphatic rings. The Morgan fingerprint density at radius 2 is 1.84 bits per heavy atom. The Balaban J connectivity index is 1.80. The molecule has 5 nitrogen and oxygen atoms in total. The first kappa shape index (κ1) is 19.7. The zero-order chi connectivity index (χ0) is 18.3. The smallest absolute Gasteiger partial charge is 0.191 e. The molecule has 1 unspecified atom stereocenters. The van der Waals surface area contributed by atoms with Crippen LogP contribution in [0.25, 0.3) is 0 Å². The van der Waals surface area contributed by atoms with Crippen molar-refractivity contribution in [2.24, 2.45) is 4.99 Å². The third-order valence-electron chi connectivity index (χ3n) is 5.00. The SMILES string of the molecule is CN=C(NCC(C)c1ccc(C)cc1)NCC(C)(C)N1CCOCC1. The Kier molecular flexibility index (Phi) is 7.26. The summed E-state index contributed by atoms with van der Waals surface area (Å²) in [7, 11) is 1.83. The lowest BCUT2D eigenvalue weighted by Gasteiger charge is -2.41. The molecule has 1 aromatic carbocycles. The molecule has 0 saturated carbocycles. The van der Waals surface area contributed by atoms with Gasteiger partial charge in [-0.15, -0.1) is 0 Å². The number of hydrogen-bond donors (Lipinski definition) is 2. The Bertz CT molecular complexity index is 547. The Morgan fingerprint density at radius 3 is 2.44 bits per heavy atom. The van der Waals surface area contributed by atoms with Crippen LogP contribution in [0.3, 0.4) is 0 Å². The van der Waals surface area contributed by atoms with E-state index in [9.17, 15) is 0 Å². The number of morpholine rings is 1. The molecule has 2 rings (SSSR count). The first-order valence-corrected chi connectivity index (χ1v) is 9.26. The van der Waals surface area contributed by atoms with E-state index in [1.54, 1.807) is 0 Å². The predicted octanol–water partition coefficient (Wildman–Crippen LogP) is 2.37. The summed E-state index contributed by atoms with van der Waals surface area (Å²) in [6.45, 7) is 14.2. The number of rotatable bonds is 6. The summed E-state index contributed by atoms with van der Waals surface area (Å²) in [5.41, 5.74) is 2.72. The van der Waals surface area contributed by atoms with E-state index in [1.165, 1.54) is 11.1 Å². The molecule has 25 heavy (non-hydrogen) atoms. The molecule has 1 heterocycles. The molecule has 1 fully saturated rings. The van der Waals surface area contributed by atoms with E-state index in [0.29, 0.717) is 5.92 Å². The number of nitrogens with zero attached hydrogens (tertiary/aromatic N) is 2. The molecular weight excluding hydrogens is 312 g/mol. The van der Waals surface area contributed by atoms with Crippen molar-refractivity contribution in [3.8, 4) is 0 Å². The van der Waals surface area contributed by atoms with Crippen LogP contribution in [0.5, 0.6) is 0 Å². The number of guanidine groups is 1. The topological polar surface area (TPSA) is 48.9 Å². The maximum Gasteiger partial charge on any atom is 0.191 e. The summed E-state index contributed by atoms with van der Waals surface area (Å²) >= 11 is 0. The fraction of sp³-hybridized carbons (Fsp3) is 0.650. The third kappa shape index (κ3) is 6.01. The summed E-state index contributed by atoms with van der Waals surface area (Å²) < 4.78 is 5.46. The van der Waals surface area contributed by atoms with E-state index < -0.39 is 0 Å². The standard InChI is InChI=1S/C20H34N4O/c1-16-6-8-18(9-7-16)17(2)14-22-19(21-5)23-15-20(3,4)24-10-12-25-13-11-24/h6-9,17H,10-15H2,1-5H3,(H2,21,22,23). The second-order valence-corrected chi connectivity index (χ2v) is 7.53. The van der Waals surface area contributed by atoms with Crippen LogP contribution < -0.4 is 10.6 Å². The van der Waals surface area contributed by atoms with Crippen molar-refractivity contribution in [1.29, 1.82) is 0 Å². The Morgan fingerprint density at radius 1 is 1.20 bits per heavy atom. The second kappa shape index (κ2) is 9.20. The van der Waals surface area contributed by atoms with Crippen molar-refractivity contribution >= 4 is 5.96 Å². The minimum Gasteiger partial charge on any atom is -0.379 e. The van der Waals surface area contributed by atoms with Crippen LogP contribution in [0.4, 0.5) is 0 Å². The Labute approximate surface area is 152 Å². The minimum atomic E-state index is 0.0734. The van der Waals surface area contributed by atoms with Crippen LogP contribution in [-0.2, 0) is 4.74 Å². The van der Waals surface area contributed by atoms with Gasteiger partial charge in [-0.25, -0.2) is 0 Å². The van der Waals surface area contributed by atoms with Gasteiger partial charge in [-0.05, 0) is 32.3 Å². The lowest BCUT2D eigenvalue weighted by molar-refractivity contribution is -0.00834. The zero-order valence-electron chi connectivity index (χ0n) is 16.4. The van der Waals surface area contributed by atoms with E-state index in [0.717, 1.165) is 45.4 Å². The molecule has 0 aromatic heterocycles. The average Bonchev–Trinajstić information content (AvgIpc) is 2.63. The average molecular weight is 347 g/mol. The number of hydrogen-bond acceptors (Lipinski definition) is 3. The molecule has 0 spiro atoms. The monoisotopic (exact) mass is 346 g/mol. The summed E-state index contributed by atoms with van der Waals surface area (Å²) in [6, 6.07) is 8.76. The lowest BCUT2D eigenvalue weighted by Crippen LogP contribution is -2.56. The van der Waals surface area contributed by atoms with Gasteiger partial charge in [-0.1, -0.05) is 36.8 Å². The molecular formula is C20H34N4O. The maximum atomic E-state index is 5.46. The first-order chi connectivity index (χ1) is 11.9. The highest BCUT2D eigenvalue weighted by Gasteiger charge is 2.28. The van der Waals surface area contributed by atoms with E-state index >= 15 is 0 Å². The fourth-order valence-corrected chi connectivity index (χ4v) is 3.06. The van der Waals surface area contributed by atoms with Gasteiger partial charge in [0, 0.05) is 38.8 Å². The van der Waals surface area contributed by atoms with E-state index in [-0.39, 0.29) is 5.54 Å². The number of ether oxygens (including phenoxy) is 1. The first-order valence-electron chi connectivity index (χ1n) is 9.26. The summed E-state index contributed by atoms with van der Waals surface area (Å²) in [6.07, 6.45) is 0. The van der Waals surface area contributed by atoms with Gasteiger partial charge >= 0.3 is 0 Å². The van der Waals surface area contributed by atoms with E-state index in [4.69, 9.17) is 4.74 Å². The highest BCUT2D eigenvalue weighted by molar-refractivity contribution is 5.79. The van der Waals surface area contributed by atoms with Crippen molar-refractivity contribution < 1.29 is 4.74 Å². The highest BCUT2D eigenvalue weighted by atomic mass is 16.5. The van der Waals surface area contributed by atoms with Crippen LogP contribution in [0.1, 0.15) is 37.8 Å². The van der Waals surface area contributed by atoms with Gasteiger partial charge in [0.2, 0.25) is 0 Å². The largest absolute Gasteiger partial charge is 0.379 e. The molecule has 0 radical (unpaired) electrons. The van der Waals surface area contributed by atoms with Gasteiger partial charge in [0.25, 0.3) is 0 Å². The molecule has 1 aromatic rings. The lowest BCUT2D eigenvalue weighted by atomic mass is 10.00. The van der Waals surface area contributed by atoms with Crippen LogP contribution in [0.15, 0.2) is 29.3 Å². The van der Waals surface area contributed by atoms with Gasteiger partial charge in [0.15, 0.2) is 5.96 Å². The number of benzene rings is 1. The van der Waals surface area contributed by atoms with Gasteiger partial charge in [0.1, 0.15) is 0 Å². The van der Waals surface area contributed by atoms with Crippen molar-refractivity contribution in [2.45, 2.75) is 39.2 Å². The zero-order valence-corrected chi connectivity index (χ0v) is 16.4. The molecule has 0 bridgehead atoms. The fourth-order valence-electron chi connectivity index (χ4n) is 3.06. The normalized spacial score (nSPS) is 18.0. The molecule has 0 aliphatic carbocycles. The highest BCUT2D eigenvalue weighted by Crippen LogP contribution is 2.16. The molecule has 1 atom stereocenters. The minimum absolute atomic E-state index is 0.0734. The van der Waals surface area contributed by atoms with Crippen molar-refractivity contribution in [2.75, 3.05) is 46.4 Å². The van der Waals surface area contributed by atoms with Crippen LogP contribution in [-0.4, -0.2) is 62.8 Å². The van der Waals surface area contributed by atoms with Crippen LogP contribution in [0.2, 0.25) is 0 Å². The van der Waals surface area contributed by atoms with Gasteiger partial charge in [0.05, 0.1) is 13.2 Å². The molecule has 140 valence electrons. The molecule has 5 heteroatoms. The summed E-state index contributed by atoms with van der Waals surface area (Å²) in [5.74, 6) is 1.30. The van der Waals surface area contributed by atoms with E-state index in [1.807, 2.05) is 7.05 Å².